The molecule has 0 N–H and O–H groups in total. The SMILES string of the molecule is CC(C)c1nn(-c2ccncn2)c(Cl)c1C#N. The van der Waals surface area contributed by atoms with E-state index in [4.69, 9.17) is 16.9 Å². The molecule has 2 rings (SSSR count). The number of aromatic nitrogens is 4. The summed E-state index contributed by atoms with van der Waals surface area (Å²) in [6.45, 7) is 3.92. The number of hydrogen-bond donors (Lipinski definition) is 0. The second-order valence-corrected chi connectivity index (χ2v) is 4.15. The molecule has 0 saturated heterocycles. The zero-order valence-corrected chi connectivity index (χ0v) is 10.2. The van der Waals surface area contributed by atoms with Crippen molar-refractivity contribution in [2.24, 2.45) is 0 Å². The van der Waals surface area contributed by atoms with Crippen molar-refractivity contribution in [2.45, 2.75) is 19.8 Å². The molecule has 0 unspecified atom stereocenters. The van der Waals surface area contributed by atoms with Crippen molar-refractivity contribution < 1.29 is 0 Å². The molecule has 0 radical (unpaired) electrons. The van der Waals surface area contributed by atoms with Gasteiger partial charge < -0.3 is 0 Å². The molecule has 0 aliphatic rings. The Bertz CT molecular complexity index is 568. The van der Waals surface area contributed by atoms with Gasteiger partial charge in [0.15, 0.2) is 11.0 Å². The van der Waals surface area contributed by atoms with Gasteiger partial charge in [-0.25, -0.2) is 14.6 Å². The number of nitrogens with zero attached hydrogens (tertiary/aromatic N) is 5. The molecule has 0 aromatic carbocycles. The summed E-state index contributed by atoms with van der Waals surface area (Å²) in [5.41, 5.74) is 1.08. The standard InChI is InChI=1S/C11H10ClN5/c1-7(2)10-8(5-13)11(12)17(16-10)9-3-4-14-6-15-9/h3-4,6-7H,1-2H3. The van der Waals surface area contributed by atoms with Crippen LogP contribution in [0.25, 0.3) is 5.82 Å². The summed E-state index contributed by atoms with van der Waals surface area (Å²) in [6, 6.07) is 3.76. The molecule has 0 aliphatic heterocycles. The second-order valence-electron chi connectivity index (χ2n) is 3.80. The number of nitriles is 1. The van der Waals surface area contributed by atoms with Crippen molar-refractivity contribution >= 4 is 11.6 Å². The lowest BCUT2D eigenvalue weighted by molar-refractivity contribution is 0.755. The van der Waals surface area contributed by atoms with Crippen molar-refractivity contribution in [1.82, 2.24) is 19.7 Å². The van der Waals surface area contributed by atoms with Gasteiger partial charge in [0, 0.05) is 12.3 Å². The van der Waals surface area contributed by atoms with E-state index in [-0.39, 0.29) is 11.1 Å². The lowest BCUT2D eigenvalue weighted by Gasteiger charge is -2.00. The smallest absolute Gasteiger partial charge is 0.158 e. The predicted octanol–water partition coefficient (Wildman–Crippen LogP) is 2.31. The average molecular weight is 248 g/mol. The van der Waals surface area contributed by atoms with Crippen molar-refractivity contribution in [3.63, 3.8) is 0 Å². The minimum atomic E-state index is 0.130. The van der Waals surface area contributed by atoms with Crippen molar-refractivity contribution in [3.8, 4) is 11.9 Å². The highest BCUT2D eigenvalue weighted by Gasteiger charge is 2.19. The van der Waals surface area contributed by atoms with Crippen LogP contribution in [0.5, 0.6) is 0 Å². The van der Waals surface area contributed by atoms with E-state index in [0.29, 0.717) is 17.1 Å². The fourth-order valence-electron chi connectivity index (χ4n) is 1.48. The highest BCUT2D eigenvalue weighted by atomic mass is 35.5. The Hall–Kier alpha value is -1.93. The molecule has 86 valence electrons. The normalized spacial score (nSPS) is 10.5. The Morgan fingerprint density at radius 1 is 1.47 bits per heavy atom. The van der Waals surface area contributed by atoms with Crippen molar-refractivity contribution in [1.29, 1.82) is 5.26 Å². The minimum absolute atomic E-state index is 0.130. The van der Waals surface area contributed by atoms with Crippen molar-refractivity contribution in [3.05, 3.63) is 35.0 Å². The largest absolute Gasteiger partial charge is 0.245 e. The lowest BCUT2D eigenvalue weighted by atomic mass is 10.1. The van der Waals surface area contributed by atoms with E-state index in [9.17, 15) is 0 Å². The first-order valence-electron chi connectivity index (χ1n) is 5.10. The summed E-state index contributed by atoms with van der Waals surface area (Å²) in [4.78, 5) is 7.88. The molecule has 2 aromatic heterocycles. The molecule has 2 heterocycles. The Morgan fingerprint density at radius 3 is 2.71 bits per heavy atom. The van der Waals surface area contributed by atoms with E-state index in [1.807, 2.05) is 13.8 Å². The topological polar surface area (TPSA) is 67.4 Å². The number of halogens is 1. The van der Waals surface area contributed by atoms with E-state index in [0.717, 1.165) is 0 Å². The summed E-state index contributed by atoms with van der Waals surface area (Å²) < 4.78 is 1.46. The summed E-state index contributed by atoms with van der Waals surface area (Å²) in [5, 5.41) is 13.7. The van der Waals surface area contributed by atoms with Gasteiger partial charge >= 0.3 is 0 Å². The predicted molar refractivity (Wildman–Crippen MR) is 63.0 cm³/mol. The van der Waals surface area contributed by atoms with Crippen molar-refractivity contribution in [2.75, 3.05) is 0 Å². The van der Waals surface area contributed by atoms with Crippen LogP contribution in [0.1, 0.15) is 31.0 Å². The zero-order valence-electron chi connectivity index (χ0n) is 9.42. The van der Waals surface area contributed by atoms with Crippen LogP contribution in [0.4, 0.5) is 0 Å². The van der Waals surface area contributed by atoms with Gasteiger partial charge in [0.2, 0.25) is 0 Å². The second kappa shape index (κ2) is 4.52. The van der Waals surface area contributed by atoms with Crippen LogP contribution in [0.2, 0.25) is 5.15 Å². The molecule has 5 nitrogen and oxygen atoms in total. The summed E-state index contributed by atoms with van der Waals surface area (Å²) in [7, 11) is 0. The van der Waals surface area contributed by atoms with Crippen LogP contribution in [-0.2, 0) is 0 Å². The van der Waals surface area contributed by atoms with E-state index in [2.05, 4.69) is 21.1 Å². The zero-order chi connectivity index (χ0) is 12.4. The Balaban J connectivity index is 2.62. The molecule has 0 saturated carbocycles. The summed E-state index contributed by atoms with van der Waals surface area (Å²) in [5.74, 6) is 0.679. The molecule has 6 heteroatoms. The van der Waals surface area contributed by atoms with Crippen LogP contribution >= 0.6 is 11.6 Å². The highest BCUT2D eigenvalue weighted by Crippen LogP contribution is 2.26. The molecule has 0 aliphatic carbocycles. The molecule has 17 heavy (non-hydrogen) atoms. The maximum absolute atomic E-state index is 9.09. The molecule has 0 amide bonds. The molecular formula is C11H10ClN5. The summed E-state index contributed by atoms with van der Waals surface area (Å²) in [6.07, 6.45) is 3.01. The Kier molecular flexibility index (Phi) is 3.07. The van der Waals surface area contributed by atoms with E-state index in [1.165, 1.54) is 11.0 Å². The van der Waals surface area contributed by atoms with Gasteiger partial charge in [-0.2, -0.15) is 10.4 Å². The number of hydrogen-bond acceptors (Lipinski definition) is 4. The van der Waals surface area contributed by atoms with E-state index < -0.39 is 0 Å². The number of rotatable bonds is 2. The third kappa shape index (κ3) is 1.99. The molecular weight excluding hydrogens is 238 g/mol. The van der Waals surface area contributed by atoms with Crippen LogP contribution in [0.15, 0.2) is 18.6 Å². The first-order valence-corrected chi connectivity index (χ1v) is 5.47. The van der Waals surface area contributed by atoms with Crippen LogP contribution < -0.4 is 0 Å². The van der Waals surface area contributed by atoms with Gasteiger partial charge in [0.1, 0.15) is 18.0 Å². The fraction of sp³-hybridized carbons (Fsp3) is 0.273. The lowest BCUT2D eigenvalue weighted by Crippen LogP contribution is -2.00. The molecule has 0 fully saturated rings. The Labute approximate surface area is 104 Å². The maximum atomic E-state index is 9.09. The fourth-order valence-corrected chi connectivity index (χ4v) is 1.75. The van der Waals surface area contributed by atoms with Gasteiger partial charge in [-0.15, -0.1) is 0 Å². The first kappa shape index (κ1) is 11.6. The Morgan fingerprint density at radius 2 is 2.24 bits per heavy atom. The molecule has 0 spiro atoms. The van der Waals surface area contributed by atoms with Gasteiger partial charge in [0.25, 0.3) is 0 Å². The van der Waals surface area contributed by atoms with E-state index in [1.54, 1.807) is 12.3 Å². The van der Waals surface area contributed by atoms with Gasteiger partial charge in [-0.1, -0.05) is 25.4 Å². The van der Waals surface area contributed by atoms with Gasteiger partial charge in [0.05, 0.1) is 5.69 Å². The van der Waals surface area contributed by atoms with Gasteiger partial charge in [-0.3, -0.25) is 0 Å². The van der Waals surface area contributed by atoms with E-state index >= 15 is 0 Å². The average Bonchev–Trinajstić information content (AvgIpc) is 2.67. The molecule has 0 bridgehead atoms. The first-order chi connectivity index (χ1) is 8.15. The quantitative estimate of drug-likeness (QED) is 0.817. The minimum Gasteiger partial charge on any atom is -0.245 e. The van der Waals surface area contributed by atoms with Crippen LogP contribution in [0.3, 0.4) is 0 Å². The molecule has 0 atom stereocenters. The highest BCUT2D eigenvalue weighted by molar-refractivity contribution is 6.31. The summed E-state index contributed by atoms with van der Waals surface area (Å²) >= 11 is 6.13. The maximum Gasteiger partial charge on any atom is 0.158 e. The third-order valence-electron chi connectivity index (χ3n) is 2.30. The van der Waals surface area contributed by atoms with Crippen LogP contribution in [-0.4, -0.2) is 19.7 Å². The monoisotopic (exact) mass is 247 g/mol. The molecule has 2 aromatic rings. The third-order valence-corrected chi connectivity index (χ3v) is 2.65. The van der Waals surface area contributed by atoms with Gasteiger partial charge in [-0.05, 0) is 5.92 Å². The van der Waals surface area contributed by atoms with Crippen LogP contribution in [0, 0.1) is 11.3 Å².